The second-order valence-electron chi connectivity index (χ2n) is 4.67. The topological polar surface area (TPSA) is 30.9 Å². The van der Waals surface area contributed by atoms with Crippen LogP contribution in [0.2, 0.25) is 0 Å². The van der Waals surface area contributed by atoms with E-state index in [2.05, 4.69) is 36.9 Å². The Labute approximate surface area is 99.8 Å². The Kier molecular flexibility index (Phi) is 6.24. The third kappa shape index (κ3) is 4.40. The first-order valence-electron chi connectivity index (χ1n) is 6.64. The van der Waals surface area contributed by atoms with Crippen LogP contribution in [0.5, 0.6) is 0 Å². The van der Waals surface area contributed by atoms with Gasteiger partial charge in [-0.05, 0) is 36.9 Å². The average Bonchev–Trinajstić information content (AvgIpc) is 2.72. The van der Waals surface area contributed by atoms with Crippen LogP contribution >= 0.6 is 0 Å². The molecule has 0 amide bonds. The van der Waals surface area contributed by atoms with Crippen LogP contribution < -0.4 is 5.73 Å². The van der Waals surface area contributed by atoms with Gasteiger partial charge in [0.1, 0.15) is 0 Å². The summed E-state index contributed by atoms with van der Waals surface area (Å²) in [6.45, 7) is 6.48. The lowest BCUT2D eigenvalue weighted by Gasteiger charge is -2.15. The molecular weight excluding hydrogens is 196 g/mol. The van der Waals surface area contributed by atoms with E-state index in [1.807, 2.05) is 0 Å². The number of hydrogen-bond acceptors (Lipinski definition) is 1. The van der Waals surface area contributed by atoms with Crippen molar-refractivity contribution in [2.75, 3.05) is 6.54 Å². The highest BCUT2D eigenvalue weighted by molar-refractivity contribution is 5.10. The van der Waals surface area contributed by atoms with Gasteiger partial charge in [-0.1, -0.05) is 33.1 Å². The number of rotatable bonds is 8. The fraction of sp³-hybridized carbons (Fsp3) is 0.714. The summed E-state index contributed by atoms with van der Waals surface area (Å²) in [6.07, 6.45) is 10.7. The Morgan fingerprint density at radius 2 is 2.19 bits per heavy atom. The number of hydrogen-bond donors (Lipinski definition) is 1. The molecule has 0 saturated heterocycles. The molecule has 0 spiro atoms. The largest absolute Gasteiger partial charge is 0.354 e. The van der Waals surface area contributed by atoms with Gasteiger partial charge in [0.25, 0.3) is 0 Å². The van der Waals surface area contributed by atoms with Crippen molar-refractivity contribution in [2.24, 2.45) is 11.7 Å². The van der Waals surface area contributed by atoms with Gasteiger partial charge >= 0.3 is 0 Å². The molecule has 2 nitrogen and oxygen atoms in total. The van der Waals surface area contributed by atoms with E-state index < -0.39 is 0 Å². The van der Waals surface area contributed by atoms with Crippen molar-refractivity contribution in [2.45, 2.75) is 52.5 Å². The van der Waals surface area contributed by atoms with Crippen molar-refractivity contribution < 1.29 is 0 Å². The molecule has 1 heterocycles. The Morgan fingerprint density at radius 1 is 1.38 bits per heavy atom. The lowest BCUT2D eigenvalue weighted by molar-refractivity contribution is 0.391. The Hall–Kier alpha value is -0.760. The van der Waals surface area contributed by atoms with E-state index in [0.29, 0.717) is 0 Å². The minimum atomic E-state index is 0.747. The van der Waals surface area contributed by atoms with E-state index in [0.717, 1.165) is 18.9 Å². The summed E-state index contributed by atoms with van der Waals surface area (Å²) in [7, 11) is 0. The first-order chi connectivity index (χ1) is 7.80. The van der Waals surface area contributed by atoms with Gasteiger partial charge in [-0.25, -0.2) is 0 Å². The molecule has 0 saturated carbocycles. The molecule has 2 heteroatoms. The summed E-state index contributed by atoms with van der Waals surface area (Å²) in [5, 5.41) is 0. The fourth-order valence-corrected chi connectivity index (χ4v) is 2.13. The number of aromatic nitrogens is 1. The Morgan fingerprint density at radius 3 is 2.81 bits per heavy atom. The number of unbranched alkanes of at least 4 members (excludes halogenated alkanes) is 1. The summed E-state index contributed by atoms with van der Waals surface area (Å²) >= 11 is 0. The lowest BCUT2D eigenvalue weighted by Crippen LogP contribution is -2.08. The number of nitrogens with zero attached hydrogens (tertiary/aromatic N) is 1. The summed E-state index contributed by atoms with van der Waals surface area (Å²) < 4.78 is 2.33. The standard InChI is InChI=1S/C14H26N2/c1-3-5-6-13(4-2)11-16-10-8-14(12-16)7-9-15/h8,10,12-13H,3-7,9,11,15H2,1-2H3. The zero-order chi connectivity index (χ0) is 11.8. The molecule has 1 aromatic rings. The molecule has 0 fully saturated rings. The maximum absolute atomic E-state index is 5.55. The average molecular weight is 222 g/mol. The predicted octanol–water partition coefficient (Wildman–Crippen LogP) is 3.21. The van der Waals surface area contributed by atoms with Crippen molar-refractivity contribution in [1.29, 1.82) is 0 Å². The SMILES string of the molecule is CCCCC(CC)Cn1ccc(CCN)c1. The molecule has 0 radical (unpaired) electrons. The van der Waals surface area contributed by atoms with Gasteiger partial charge in [0.05, 0.1) is 0 Å². The second kappa shape index (κ2) is 7.50. The molecule has 0 aliphatic carbocycles. The summed E-state index contributed by atoms with van der Waals surface area (Å²) in [4.78, 5) is 0. The lowest BCUT2D eigenvalue weighted by atomic mass is 9.99. The Balaban J connectivity index is 2.43. The van der Waals surface area contributed by atoms with E-state index in [9.17, 15) is 0 Å². The maximum Gasteiger partial charge on any atom is 0.0247 e. The van der Waals surface area contributed by atoms with Crippen molar-refractivity contribution in [3.63, 3.8) is 0 Å². The van der Waals surface area contributed by atoms with Crippen LogP contribution in [0.4, 0.5) is 0 Å². The van der Waals surface area contributed by atoms with Crippen LogP contribution in [0.15, 0.2) is 18.5 Å². The molecular formula is C14H26N2. The van der Waals surface area contributed by atoms with E-state index in [1.165, 1.54) is 37.8 Å². The summed E-state index contributed by atoms with van der Waals surface area (Å²) in [5.41, 5.74) is 6.92. The van der Waals surface area contributed by atoms with Crippen LogP contribution in [0, 0.1) is 5.92 Å². The minimum absolute atomic E-state index is 0.747. The zero-order valence-corrected chi connectivity index (χ0v) is 10.8. The zero-order valence-electron chi connectivity index (χ0n) is 10.8. The van der Waals surface area contributed by atoms with Crippen LogP contribution in [-0.4, -0.2) is 11.1 Å². The van der Waals surface area contributed by atoms with Gasteiger partial charge < -0.3 is 10.3 Å². The van der Waals surface area contributed by atoms with Crippen LogP contribution in [0.1, 0.15) is 45.1 Å². The third-order valence-electron chi connectivity index (χ3n) is 3.26. The molecule has 1 rings (SSSR count). The monoisotopic (exact) mass is 222 g/mol. The van der Waals surface area contributed by atoms with Gasteiger partial charge in [-0.15, -0.1) is 0 Å². The van der Waals surface area contributed by atoms with Crippen molar-refractivity contribution in [3.05, 3.63) is 24.0 Å². The normalized spacial score (nSPS) is 12.9. The highest BCUT2D eigenvalue weighted by Gasteiger charge is 2.06. The van der Waals surface area contributed by atoms with Crippen LogP contribution in [0.25, 0.3) is 0 Å². The second-order valence-corrected chi connectivity index (χ2v) is 4.67. The summed E-state index contributed by atoms with van der Waals surface area (Å²) in [5.74, 6) is 0.832. The van der Waals surface area contributed by atoms with Gasteiger partial charge in [0, 0.05) is 18.9 Å². The number of nitrogens with two attached hydrogens (primary N) is 1. The van der Waals surface area contributed by atoms with E-state index in [-0.39, 0.29) is 0 Å². The molecule has 0 aliphatic heterocycles. The van der Waals surface area contributed by atoms with Crippen molar-refractivity contribution in [3.8, 4) is 0 Å². The molecule has 92 valence electrons. The van der Waals surface area contributed by atoms with Crippen molar-refractivity contribution >= 4 is 0 Å². The first kappa shape index (κ1) is 13.3. The van der Waals surface area contributed by atoms with E-state index in [1.54, 1.807) is 0 Å². The molecule has 1 aromatic heterocycles. The molecule has 0 bridgehead atoms. The van der Waals surface area contributed by atoms with Crippen molar-refractivity contribution in [1.82, 2.24) is 4.57 Å². The van der Waals surface area contributed by atoms with Crippen LogP contribution in [0.3, 0.4) is 0 Å². The van der Waals surface area contributed by atoms with Gasteiger partial charge in [-0.3, -0.25) is 0 Å². The molecule has 0 aliphatic rings. The molecule has 1 atom stereocenters. The summed E-state index contributed by atoms with van der Waals surface area (Å²) in [6, 6.07) is 2.19. The van der Waals surface area contributed by atoms with Gasteiger partial charge in [0.15, 0.2) is 0 Å². The van der Waals surface area contributed by atoms with Gasteiger partial charge in [-0.2, -0.15) is 0 Å². The third-order valence-corrected chi connectivity index (χ3v) is 3.26. The molecule has 0 aromatic carbocycles. The molecule has 16 heavy (non-hydrogen) atoms. The highest BCUT2D eigenvalue weighted by atomic mass is 14.9. The Bertz CT molecular complexity index is 278. The quantitative estimate of drug-likeness (QED) is 0.719. The fourth-order valence-electron chi connectivity index (χ4n) is 2.13. The van der Waals surface area contributed by atoms with E-state index >= 15 is 0 Å². The predicted molar refractivity (Wildman–Crippen MR) is 70.5 cm³/mol. The van der Waals surface area contributed by atoms with Crippen LogP contribution in [-0.2, 0) is 13.0 Å². The van der Waals surface area contributed by atoms with Gasteiger partial charge in [0.2, 0.25) is 0 Å². The first-order valence-corrected chi connectivity index (χ1v) is 6.64. The maximum atomic E-state index is 5.55. The highest BCUT2D eigenvalue weighted by Crippen LogP contribution is 2.15. The van der Waals surface area contributed by atoms with E-state index in [4.69, 9.17) is 5.73 Å². The molecule has 2 N–H and O–H groups in total. The molecule has 1 unspecified atom stereocenters. The smallest absolute Gasteiger partial charge is 0.0247 e. The minimum Gasteiger partial charge on any atom is -0.354 e.